The number of amides is 2. The number of likely N-dealkylation sites (tertiary alicyclic amines) is 1. The molecular weight excluding hydrogens is 481 g/mol. The van der Waals surface area contributed by atoms with Crippen molar-refractivity contribution in [3.05, 3.63) is 69.0 Å². The molecule has 2 atom stereocenters. The molecule has 172 valence electrons. The molecule has 9 heteroatoms. The summed E-state index contributed by atoms with van der Waals surface area (Å²) in [5.41, 5.74) is 0.616. The van der Waals surface area contributed by atoms with E-state index in [4.69, 9.17) is 23.2 Å². The van der Waals surface area contributed by atoms with Crippen LogP contribution in [-0.2, 0) is 0 Å². The van der Waals surface area contributed by atoms with Crippen LogP contribution in [0.4, 0.5) is 0 Å². The molecule has 2 fully saturated rings. The number of aliphatic hydroxyl groups excluding tert-OH is 1. The molecule has 33 heavy (non-hydrogen) atoms. The summed E-state index contributed by atoms with van der Waals surface area (Å²) in [5.74, 6) is -0.159. The lowest BCUT2D eigenvalue weighted by Crippen LogP contribution is -2.54. The zero-order chi connectivity index (χ0) is 23.1. The maximum atomic E-state index is 13.2. The third kappa shape index (κ3) is 4.36. The molecule has 2 amide bonds. The first-order chi connectivity index (χ1) is 15.9. The number of benzene rings is 2. The van der Waals surface area contributed by atoms with Crippen LogP contribution < -0.4 is 0 Å². The van der Waals surface area contributed by atoms with Crippen molar-refractivity contribution in [2.45, 2.75) is 12.1 Å². The molecule has 2 aromatic carbocycles. The number of β-amino-alcohol motifs (C(OH)–C–C–N with tert-alkyl or cyclic N) is 1. The molecule has 1 aromatic heterocycles. The van der Waals surface area contributed by atoms with E-state index in [1.165, 1.54) is 11.3 Å². The van der Waals surface area contributed by atoms with Gasteiger partial charge in [-0.1, -0.05) is 41.4 Å². The minimum absolute atomic E-state index is 0.0190. The van der Waals surface area contributed by atoms with E-state index >= 15 is 0 Å². The average Bonchev–Trinajstić information content (AvgIpc) is 3.39. The van der Waals surface area contributed by atoms with E-state index in [9.17, 15) is 14.7 Å². The molecule has 1 N–H and O–H groups in total. The summed E-state index contributed by atoms with van der Waals surface area (Å²) < 4.78 is 0.976. The van der Waals surface area contributed by atoms with E-state index in [-0.39, 0.29) is 24.4 Å². The van der Waals surface area contributed by atoms with Gasteiger partial charge in [0, 0.05) is 59.9 Å². The molecule has 0 bridgehead atoms. The quantitative estimate of drug-likeness (QED) is 0.589. The van der Waals surface area contributed by atoms with Gasteiger partial charge in [-0.25, -0.2) is 0 Å². The molecule has 3 aromatic rings. The molecule has 3 heterocycles. The van der Waals surface area contributed by atoms with Crippen molar-refractivity contribution in [1.29, 1.82) is 0 Å². The lowest BCUT2D eigenvalue weighted by molar-refractivity contribution is 0.0376. The predicted octanol–water partition coefficient (Wildman–Crippen LogP) is 3.85. The topological polar surface area (TPSA) is 64.1 Å². The first kappa shape index (κ1) is 22.6. The Labute approximate surface area is 205 Å². The van der Waals surface area contributed by atoms with Crippen LogP contribution in [0.3, 0.4) is 0 Å². The Morgan fingerprint density at radius 3 is 2.27 bits per heavy atom. The van der Waals surface area contributed by atoms with E-state index in [1.807, 2.05) is 29.2 Å². The molecule has 2 aliphatic heterocycles. The van der Waals surface area contributed by atoms with Crippen molar-refractivity contribution >= 4 is 56.4 Å². The van der Waals surface area contributed by atoms with Crippen LogP contribution in [0.1, 0.15) is 20.0 Å². The van der Waals surface area contributed by atoms with Crippen LogP contribution in [0.15, 0.2) is 48.5 Å². The van der Waals surface area contributed by atoms with Crippen molar-refractivity contribution in [1.82, 2.24) is 14.7 Å². The molecule has 0 unspecified atom stereocenters. The summed E-state index contributed by atoms with van der Waals surface area (Å²) in [7, 11) is 0. The van der Waals surface area contributed by atoms with Crippen LogP contribution in [0.2, 0.25) is 10.0 Å². The van der Waals surface area contributed by atoms with E-state index in [2.05, 4.69) is 4.90 Å². The van der Waals surface area contributed by atoms with Crippen molar-refractivity contribution < 1.29 is 14.7 Å². The smallest absolute Gasteiger partial charge is 0.265 e. The lowest BCUT2D eigenvalue weighted by atomic mass is 10.1. The minimum atomic E-state index is -0.638. The second-order valence-electron chi connectivity index (χ2n) is 8.42. The zero-order valence-corrected chi connectivity index (χ0v) is 20.1. The van der Waals surface area contributed by atoms with Crippen LogP contribution in [0.25, 0.3) is 10.1 Å². The zero-order valence-electron chi connectivity index (χ0n) is 17.8. The third-order valence-electron chi connectivity index (χ3n) is 6.44. The van der Waals surface area contributed by atoms with Gasteiger partial charge in [-0.2, -0.15) is 0 Å². The maximum absolute atomic E-state index is 13.2. The van der Waals surface area contributed by atoms with Gasteiger partial charge in [0.1, 0.15) is 4.88 Å². The number of fused-ring (bicyclic) bond motifs is 1. The molecule has 0 spiro atoms. The molecule has 2 aliphatic rings. The van der Waals surface area contributed by atoms with Gasteiger partial charge in [-0.3, -0.25) is 14.5 Å². The number of carbonyl (C=O) groups excluding carboxylic acids is 2. The highest BCUT2D eigenvalue weighted by Crippen LogP contribution is 2.36. The normalized spacial score (nSPS) is 21.7. The SMILES string of the molecule is O=C(c1ccc(Cl)cc1)N1CCN([C@H]2CN(C(=O)c3sc4ccccc4c3Cl)C[C@@H]2O)CC1. The Balaban J connectivity index is 1.22. The number of halogens is 2. The fourth-order valence-electron chi connectivity index (χ4n) is 4.62. The monoisotopic (exact) mass is 503 g/mol. The second-order valence-corrected chi connectivity index (χ2v) is 10.3. The first-order valence-corrected chi connectivity index (χ1v) is 12.4. The number of hydrogen-bond acceptors (Lipinski definition) is 5. The van der Waals surface area contributed by atoms with E-state index in [0.29, 0.717) is 53.2 Å². The van der Waals surface area contributed by atoms with Crippen LogP contribution in [0, 0.1) is 0 Å². The van der Waals surface area contributed by atoms with Crippen molar-refractivity contribution in [2.24, 2.45) is 0 Å². The first-order valence-electron chi connectivity index (χ1n) is 10.9. The standard InChI is InChI=1S/C24H23Cl2N3O3S/c25-16-7-5-15(6-8-16)23(31)28-11-9-27(10-12-28)18-13-29(14-19(18)30)24(32)22-21(26)17-3-1-2-4-20(17)33-22/h1-8,18-19,30H,9-14H2/t18-,19-/m0/s1. The van der Waals surface area contributed by atoms with Gasteiger partial charge in [0.15, 0.2) is 0 Å². The summed E-state index contributed by atoms with van der Waals surface area (Å²) in [6, 6.07) is 14.4. The van der Waals surface area contributed by atoms with Crippen LogP contribution in [-0.4, -0.2) is 83.0 Å². The maximum Gasteiger partial charge on any atom is 0.265 e. The minimum Gasteiger partial charge on any atom is -0.390 e. The Bertz CT molecular complexity index is 1190. The third-order valence-corrected chi connectivity index (χ3v) is 8.35. The Morgan fingerprint density at radius 1 is 0.879 bits per heavy atom. The van der Waals surface area contributed by atoms with Gasteiger partial charge in [-0.05, 0) is 30.3 Å². The highest BCUT2D eigenvalue weighted by atomic mass is 35.5. The largest absolute Gasteiger partial charge is 0.390 e. The number of carbonyl (C=O) groups is 2. The molecule has 2 saturated heterocycles. The highest BCUT2D eigenvalue weighted by molar-refractivity contribution is 7.21. The molecule has 0 saturated carbocycles. The van der Waals surface area contributed by atoms with E-state index in [1.54, 1.807) is 29.2 Å². The summed E-state index contributed by atoms with van der Waals surface area (Å²) in [4.78, 5) is 32.2. The second kappa shape index (κ2) is 9.24. The van der Waals surface area contributed by atoms with Crippen molar-refractivity contribution in [2.75, 3.05) is 39.3 Å². The molecule has 0 radical (unpaired) electrons. The van der Waals surface area contributed by atoms with Gasteiger partial charge < -0.3 is 14.9 Å². The Morgan fingerprint density at radius 2 is 1.58 bits per heavy atom. The molecule has 5 rings (SSSR count). The predicted molar refractivity (Wildman–Crippen MR) is 131 cm³/mol. The number of nitrogens with zero attached hydrogens (tertiary/aromatic N) is 3. The number of hydrogen-bond donors (Lipinski definition) is 1. The Hall–Kier alpha value is -2.16. The summed E-state index contributed by atoms with van der Waals surface area (Å²) in [6.07, 6.45) is -0.638. The van der Waals surface area contributed by atoms with E-state index in [0.717, 1.165) is 10.1 Å². The molecule has 0 aliphatic carbocycles. The number of thiophene rings is 1. The fourth-order valence-corrected chi connectivity index (χ4v) is 6.23. The number of aliphatic hydroxyl groups is 1. The summed E-state index contributed by atoms with van der Waals surface area (Å²) in [5, 5.41) is 12.7. The number of rotatable bonds is 3. The number of piperazine rings is 1. The van der Waals surface area contributed by atoms with E-state index < -0.39 is 6.10 Å². The average molecular weight is 504 g/mol. The summed E-state index contributed by atoms with van der Waals surface area (Å²) >= 11 is 13.8. The highest BCUT2D eigenvalue weighted by Gasteiger charge is 2.40. The van der Waals surface area contributed by atoms with Gasteiger partial charge in [0.2, 0.25) is 0 Å². The van der Waals surface area contributed by atoms with Crippen LogP contribution in [0.5, 0.6) is 0 Å². The van der Waals surface area contributed by atoms with Crippen molar-refractivity contribution in [3.8, 4) is 0 Å². The fraction of sp³-hybridized carbons (Fsp3) is 0.333. The lowest BCUT2D eigenvalue weighted by Gasteiger charge is -2.38. The molecular formula is C24H23Cl2N3O3S. The van der Waals surface area contributed by atoms with Crippen molar-refractivity contribution in [3.63, 3.8) is 0 Å². The van der Waals surface area contributed by atoms with Gasteiger partial charge in [-0.15, -0.1) is 11.3 Å². The van der Waals surface area contributed by atoms with Gasteiger partial charge in [0.25, 0.3) is 11.8 Å². The van der Waals surface area contributed by atoms with Gasteiger partial charge in [0.05, 0.1) is 17.2 Å². The molecule has 6 nitrogen and oxygen atoms in total. The Kier molecular flexibility index (Phi) is 6.33. The van der Waals surface area contributed by atoms with Gasteiger partial charge >= 0.3 is 0 Å². The van der Waals surface area contributed by atoms with Crippen LogP contribution >= 0.6 is 34.5 Å². The summed E-state index contributed by atoms with van der Waals surface area (Å²) in [6.45, 7) is 3.15.